The summed E-state index contributed by atoms with van der Waals surface area (Å²) in [5, 5.41) is 0. The Balaban J connectivity index is 2.85. The molecule has 1 unspecified atom stereocenters. The third-order valence-corrected chi connectivity index (χ3v) is 4.86. The van der Waals surface area contributed by atoms with Crippen LogP contribution >= 0.6 is 0 Å². The standard InChI is InChI=1S/C10H21NO3S/c1-5-6-7-15(12,13)11-9(2)14-8-10(11,3)4/h9H,5-8H2,1-4H3. The van der Waals surface area contributed by atoms with Crippen LogP contribution in [0.2, 0.25) is 0 Å². The summed E-state index contributed by atoms with van der Waals surface area (Å²) >= 11 is 0. The molecule has 0 bridgehead atoms. The largest absolute Gasteiger partial charge is 0.360 e. The van der Waals surface area contributed by atoms with Crippen molar-refractivity contribution in [1.29, 1.82) is 0 Å². The van der Waals surface area contributed by atoms with E-state index in [1.165, 1.54) is 4.31 Å². The van der Waals surface area contributed by atoms with Gasteiger partial charge in [-0.05, 0) is 27.2 Å². The van der Waals surface area contributed by atoms with Crippen molar-refractivity contribution >= 4 is 10.0 Å². The Kier molecular flexibility index (Phi) is 3.79. The summed E-state index contributed by atoms with van der Waals surface area (Å²) in [4.78, 5) is 0. The first-order valence-corrected chi connectivity index (χ1v) is 7.06. The van der Waals surface area contributed by atoms with Gasteiger partial charge in [0.25, 0.3) is 0 Å². The molecule has 1 aliphatic heterocycles. The van der Waals surface area contributed by atoms with Crippen LogP contribution in [-0.2, 0) is 14.8 Å². The fourth-order valence-electron chi connectivity index (χ4n) is 1.98. The highest BCUT2D eigenvalue weighted by molar-refractivity contribution is 7.89. The molecule has 4 nitrogen and oxygen atoms in total. The predicted octanol–water partition coefficient (Wildman–Crippen LogP) is 1.57. The van der Waals surface area contributed by atoms with Gasteiger partial charge in [0.15, 0.2) is 0 Å². The summed E-state index contributed by atoms with van der Waals surface area (Å²) in [6.45, 7) is 8.06. The summed E-state index contributed by atoms with van der Waals surface area (Å²) in [6, 6.07) is 0. The Morgan fingerprint density at radius 3 is 2.47 bits per heavy atom. The highest BCUT2D eigenvalue weighted by Crippen LogP contribution is 2.30. The summed E-state index contributed by atoms with van der Waals surface area (Å²) in [5.41, 5.74) is -0.411. The van der Waals surface area contributed by atoms with Crippen molar-refractivity contribution in [2.45, 2.75) is 52.3 Å². The van der Waals surface area contributed by atoms with Crippen LogP contribution in [0.15, 0.2) is 0 Å². The zero-order valence-electron chi connectivity index (χ0n) is 9.99. The minimum atomic E-state index is -3.17. The van der Waals surface area contributed by atoms with Gasteiger partial charge in [-0.25, -0.2) is 8.42 Å². The number of rotatable bonds is 4. The average molecular weight is 235 g/mol. The van der Waals surface area contributed by atoms with Crippen LogP contribution in [0.1, 0.15) is 40.5 Å². The molecule has 1 rings (SSSR count). The van der Waals surface area contributed by atoms with Crippen molar-refractivity contribution in [3.8, 4) is 0 Å². The van der Waals surface area contributed by atoms with Crippen molar-refractivity contribution in [3.05, 3.63) is 0 Å². The van der Waals surface area contributed by atoms with E-state index in [4.69, 9.17) is 4.74 Å². The van der Waals surface area contributed by atoms with Crippen molar-refractivity contribution in [2.24, 2.45) is 0 Å². The number of hydrogen-bond donors (Lipinski definition) is 0. The highest BCUT2D eigenvalue weighted by atomic mass is 32.2. The molecule has 0 aromatic carbocycles. The first-order valence-electron chi connectivity index (χ1n) is 5.45. The molecule has 0 saturated carbocycles. The van der Waals surface area contributed by atoms with Gasteiger partial charge in [-0.1, -0.05) is 13.3 Å². The molecule has 15 heavy (non-hydrogen) atoms. The van der Waals surface area contributed by atoms with Crippen LogP contribution in [0.25, 0.3) is 0 Å². The molecule has 0 amide bonds. The number of ether oxygens (including phenoxy) is 1. The highest BCUT2D eigenvalue weighted by Gasteiger charge is 2.45. The Hall–Kier alpha value is -0.130. The quantitative estimate of drug-likeness (QED) is 0.743. The van der Waals surface area contributed by atoms with E-state index in [0.29, 0.717) is 13.0 Å². The van der Waals surface area contributed by atoms with Crippen molar-refractivity contribution in [2.75, 3.05) is 12.4 Å². The van der Waals surface area contributed by atoms with Crippen LogP contribution in [0.5, 0.6) is 0 Å². The maximum atomic E-state index is 12.1. The molecule has 90 valence electrons. The molecule has 1 saturated heterocycles. The smallest absolute Gasteiger partial charge is 0.216 e. The number of sulfonamides is 1. The van der Waals surface area contributed by atoms with E-state index < -0.39 is 15.6 Å². The Labute approximate surface area is 92.7 Å². The second-order valence-electron chi connectivity index (χ2n) is 4.69. The Morgan fingerprint density at radius 1 is 1.47 bits per heavy atom. The van der Waals surface area contributed by atoms with Crippen molar-refractivity contribution < 1.29 is 13.2 Å². The van der Waals surface area contributed by atoms with Gasteiger partial charge in [0.2, 0.25) is 10.0 Å². The van der Waals surface area contributed by atoms with Crippen LogP contribution in [0.4, 0.5) is 0 Å². The molecule has 0 radical (unpaired) electrons. The van der Waals surface area contributed by atoms with E-state index in [-0.39, 0.29) is 12.0 Å². The number of unbranched alkanes of at least 4 members (excludes halogenated alkanes) is 1. The van der Waals surface area contributed by atoms with Crippen molar-refractivity contribution in [3.63, 3.8) is 0 Å². The summed E-state index contributed by atoms with van der Waals surface area (Å²) in [6.07, 6.45) is 1.27. The van der Waals surface area contributed by atoms with Gasteiger partial charge in [-0.3, -0.25) is 0 Å². The minimum absolute atomic E-state index is 0.223. The third kappa shape index (κ3) is 2.71. The molecule has 0 aromatic heterocycles. The van der Waals surface area contributed by atoms with Gasteiger partial charge in [-0.15, -0.1) is 0 Å². The molecule has 0 spiro atoms. The van der Waals surface area contributed by atoms with E-state index in [0.717, 1.165) is 6.42 Å². The third-order valence-electron chi connectivity index (χ3n) is 2.66. The van der Waals surface area contributed by atoms with Gasteiger partial charge >= 0.3 is 0 Å². The molecule has 1 fully saturated rings. The van der Waals surface area contributed by atoms with Gasteiger partial charge in [-0.2, -0.15) is 4.31 Å². The normalized spacial score (nSPS) is 27.1. The van der Waals surface area contributed by atoms with E-state index in [9.17, 15) is 8.42 Å². The average Bonchev–Trinajstić information content (AvgIpc) is 2.37. The maximum absolute atomic E-state index is 12.1. The number of hydrogen-bond acceptors (Lipinski definition) is 3. The molecule has 0 aromatic rings. The topological polar surface area (TPSA) is 46.6 Å². The SMILES string of the molecule is CCCCS(=O)(=O)N1C(C)OCC1(C)C. The molecular weight excluding hydrogens is 214 g/mol. The first kappa shape index (κ1) is 12.9. The van der Waals surface area contributed by atoms with E-state index in [2.05, 4.69) is 0 Å². The Bertz CT molecular complexity index is 311. The second-order valence-corrected chi connectivity index (χ2v) is 6.65. The van der Waals surface area contributed by atoms with Crippen LogP contribution in [-0.4, -0.2) is 36.8 Å². The number of nitrogens with zero attached hydrogens (tertiary/aromatic N) is 1. The molecule has 1 aliphatic rings. The molecule has 1 heterocycles. The lowest BCUT2D eigenvalue weighted by Crippen LogP contribution is -2.48. The predicted molar refractivity (Wildman–Crippen MR) is 60.0 cm³/mol. The summed E-state index contributed by atoms with van der Waals surface area (Å²) in [5.74, 6) is 0.223. The summed E-state index contributed by atoms with van der Waals surface area (Å²) in [7, 11) is -3.17. The minimum Gasteiger partial charge on any atom is -0.360 e. The van der Waals surface area contributed by atoms with Gasteiger partial charge in [0.1, 0.15) is 6.23 Å². The van der Waals surface area contributed by atoms with E-state index in [1.54, 1.807) is 6.92 Å². The van der Waals surface area contributed by atoms with E-state index in [1.807, 2.05) is 20.8 Å². The maximum Gasteiger partial charge on any atom is 0.216 e. The zero-order chi connectivity index (χ0) is 11.7. The molecule has 0 N–H and O–H groups in total. The van der Waals surface area contributed by atoms with Gasteiger partial charge in [0, 0.05) is 0 Å². The zero-order valence-corrected chi connectivity index (χ0v) is 10.8. The lowest BCUT2D eigenvalue weighted by atomic mass is 10.1. The molecular formula is C10H21NO3S. The van der Waals surface area contributed by atoms with Crippen LogP contribution in [0, 0.1) is 0 Å². The van der Waals surface area contributed by atoms with Crippen LogP contribution in [0.3, 0.4) is 0 Å². The van der Waals surface area contributed by atoms with Crippen molar-refractivity contribution in [1.82, 2.24) is 4.31 Å². The van der Waals surface area contributed by atoms with Crippen LogP contribution < -0.4 is 0 Å². The fourth-order valence-corrected chi connectivity index (χ4v) is 4.14. The summed E-state index contributed by atoms with van der Waals surface area (Å²) < 4.78 is 31.0. The lowest BCUT2D eigenvalue weighted by molar-refractivity contribution is 0.0843. The monoisotopic (exact) mass is 235 g/mol. The Morgan fingerprint density at radius 2 is 2.07 bits per heavy atom. The van der Waals surface area contributed by atoms with Gasteiger partial charge < -0.3 is 4.74 Å². The fraction of sp³-hybridized carbons (Fsp3) is 1.00. The van der Waals surface area contributed by atoms with Gasteiger partial charge in [0.05, 0.1) is 17.9 Å². The molecule has 0 aliphatic carbocycles. The lowest BCUT2D eigenvalue weighted by Gasteiger charge is -2.30. The first-order chi connectivity index (χ1) is 6.81. The second kappa shape index (κ2) is 4.39. The van der Waals surface area contributed by atoms with E-state index >= 15 is 0 Å². The molecule has 1 atom stereocenters. The molecule has 5 heteroatoms.